The Morgan fingerprint density at radius 1 is 1.58 bits per heavy atom. The summed E-state index contributed by atoms with van der Waals surface area (Å²) in [6.07, 6.45) is 1.92. The van der Waals surface area contributed by atoms with E-state index in [2.05, 4.69) is 15.5 Å². The van der Waals surface area contributed by atoms with Crippen LogP contribution in [0.4, 0.5) is 5.69 Å². The number of rotatable bonds is 7. The van der Waals surface area contributed by atoms with E-state index in [9.17, 15) is 20.0 Å². The first kappa shape index (κ1) is 15.1. The molecule has 0 bridgehead atoms. The number of aliphatic hydroxyl groups excluding tert-OH is 1. The lowest BCUT2D eigenvalue weighted by atomic mass is 9.96. The lowest BCUT2D eigenvalue weighted by molar-refractivity contribution is -0.385. The van der Waals surface area contributed by atoms with Crippen LogP contribution in [-0.4, -0.2) is 38.8 Å². The quantitative estimate of drug-likeness (QED) is 0.501. The van der Waals surface area contributed by atoms with E-state index in [-0.39, 0.29) is 23.8 Å². The SMILES string of the molecule is CCC(CC)C(O)CNC(=O)c1[nH]ncc1[N+](=O)[O-]. The maximum absolute atomic E-state index is 11.7. The molecule has 1 rings (SSSR count). The van der Waals surface area contributed by atoms with Gasteiger partial charge in [0.05, 0.1) is 11.0 Å². The van der Waals surface area contributed by atoms with E-state index in [1.54, 1.807) is 0 Å². The van der Waals surface area contributed by atoms with Crippen LogP contribution in [0.3, 0.4) is 0 Å². The van der Waals surface area contributed by atoms with Gasteiger partial charge in [0, 0.05) is 6.54 Å². The van der Waals surface area contributed by atoms with Crippen molar-refractivity contribution in [3.05, 3.63) is 22.0 Å². The second-order valence-corrected chi connectivity index (χ2v) is 4.24. The fourth-order valence-electron chi connectivity index (χ4n) is 1.87. The number of nitrogens with zero attached hydrogens (tertiary/aromatic N) is 2. The van der Waals surface area contributed by atoms with E-state index < -0.39 is 16.9 Å². The number of aromatic nitrogens is 2. The van der Waals surface area contributed by atoms with Gasteiger partial charge in [-0.2, -0.15) is 5.10 Å². The maximum Gasteiger partial charge on any atom is 0.319 e. The summed E-state index contributed by atoms with van der Waals surface area (Å²) >= 11 is 0. The lowest BCUT2D eigenvalue weighted by Crippen LogP contribution is -2.36. The molecule has 1 aromatic rings. The summed E-state index contributed by atoms with van der Waals surface area (Å²) in [5.41, 5.74) is -0.587. The van der Waals surface area contributed by atoms with Gasteiger partial charge in [-0.1, -0.05) is 26.7 Å². The fraction of sp³-hybridized carbons (Fsp3) is 0.636. The van der Waals surface area contributed by atoms with Crippen molar-refractivity contribution >= 4 is 11.6 Å². The Balaban J connectivity index is 2.60. The molecule has 0 spiro atoms. The van der Waals surface area contributed by atoms with Crippen molar-refractivity contribution in [3.8, 4) is 0 Å². The summed E-state index contributed by atoms with van der Waals surface area (Å²) < 4.78 is 0. The average molecular weight is 270 g/mol. The molecular formula is C11H18N4O4. The van der Waals surface area contributed by atoms with E-state index in [0.29, 0.717) is 0 Å². The van der Waals surface area contributed by atoms with Crippen LogP contribution in [0, 0.1) is 16.0 Å². The van der Waals surface area contributed by atoms with E-state index in [1.165, 1.54) is 0 Å². The zero-order chi connectivity index (χ0) is 14.4. The van der Waals surface area contributed by atoms with Crippen molar-refractivity contribution in [2.45, 2.75) is 32.8 Å². The first-order valence-electron chi connectivity index (χ1n) is 6.15. The molecule has 0 aromatic carbocycles. The summed E-state index contributed by atoms with van der Waals surface area (Å²) in [6.45, 7) is 3.97. The molecule has 1 aromatic heterocycles. The highest BCUT2D eigenvalue weighted by molar-refractivity contribution is 5.95. The molecule has 0 saturated heterocycles. The molecule has 0 fully saturated rings. The van der Waals surface area contributed by atoms with Crippen LogP contribution >= 0.6 is 0 Å². The molecule has 0 aliphatic heterocycles. The number of carbonyl (C=O) groups excluding carboxylic acids is 1. The van der Waals surface area contributed by atoms with E-state index in [0.717, 1.165) is 19.0 Å². The minimum absolute atomic E-state index is 0.0569. The maximum atomic E-state index is 11.7. The number of nitrogens with one attached hydrogen (secondary N) is 2. The Bertz CT molecular complexity index is 442. The van der Waals surface area contributed by atoms with Gasteiger partial charge in [-0.15, -0.1) is 0 Å². The number of aromatic amines is 1. The summed E-state index contributed by atoms with van der Waals surface area (Å²) in [5, 5.41) is 28.7. The van der Waals surface area contributed by atoms with Crippen molar-refractivity contribution in [2.75, 3.05) is 6.54 Å². The van der Waals surface area contributed by atoms with Gasteiger partial charge in [-0.05, 0) is 5.92 Å². The number of H-pyrrole nitrogens is 1. The van der Waals surface area contributed by atoms with Crippen molar-refractivity contribution in [1.29, 1.82) is 0 Å². The largest absolute Gasteiger partial charge is 0.391 e. The molecule has 1 unspecified atom stereocenters. The molecule has 0 radical (unpaired) electrons. The van der Waals surface area contributed by atoms with E-state index in [4.69, 9.17) is 0 Å². The smallest absolute Gasteiger partial charge is 0.319 e. The zero-order valence-electron chi connectivity index (χ0n) is 10.9. The first-order valence-corrected chi connectivity index (χ1v) is 6.15. The minimum Gasteiger partial charge on any atom is -0.391 e. The molecule has 106 valence electrons. The van der Waals surface area contributed by atoms with Crippen LogP contribution in [0.15, 0.2) is 6.20 Å². The zero-order valence-corrected chi connectivity index (χ0v) is 10.9. The molecular weight excluding hydrogens is 252 g/mol. The molecule has 8 heteroatoms. The molecule has 1 amide bonds. The van der Waals surface area contributed by atoms with Gasteiger partial charge in [0.25, 0.3) is 5.91 Å². The van der Waals surface area contributed by atoms with Crippen LogP contribution in [0.1, 0.15) is 37.2 Å². The molecule has 0 aliphatic carbocycles. The highest BCUT2D eigenvalue weighted by Gasteiger charge is 2.24. The lowest BCUT2D eigenvalue weighted by Gasteiger charge is -2.19. The molecule has 19 heavy (non-hydrogen) atoms. The molecule has 1 heterocycles. The van der Waals surface area contributed by atoms with Crippen LogP contribution in [0.2, 0.25) is 0 Å². The van der Waals surface area contributed by atoms with Crippen molar-refractivity contribution in [3.63, 3.8) is 0 Å². The Morgan fingerprint density at radius 3 is 2.74 bits per heavy atom. The van der Waals surface area contributed by atoms with Crippen molar-refractivity contribution in [1.82, 2.24) is 15.5 Å². The Kier molecular flexibility index (Phi) is 5.43. The van der Waals surface area contributed by atoms with Gasteiger partial charge in [-0.25, -0.2) is 0 Å². The number of aliphatic hydroxyl groups is 1. The number of carbonyl (C=O) groups is 1. The van der Waals surface area contributed by atoms with Crippen LogP contribution in [-0.2, 0) is 0 Å². The fourth-order valence-corrected chi connectivity index (χ4v) is 1.87. The third kappa shape index (κ3) is 3.75. The van der Waals surface area contributed by atoms with Crippen LogP contribution < -0.4 is 5.32 Å². The van der Waals surface area contributed by atoms with Crippen LogP contribution in [0.5, 0.6) is 0 Å². The Morgan fingerprint density at radius 2 is 2.21 bits per heavy atom. The van der Waals surface area contributed by atoms with Crippen molar-refractivity contribution in [2.24, 2.45) is 5.92 Å². The van der Waals surface area contributed by atoms with Crippen molar-refractivity contribution < 1.29 is 14.8 Å². The summed E-state index contributed by atoms with van der Waals surface area (Å²) in [6, 6.07) is 0. The monoisotopic (exact) mass is 270 g/mol. The van der Waals surface area contributed by atoms with Gasteiger partial charge in [0.15, 0.2) is 0 Å². The molecule has 3 N–H and O–H groups in total. The highest BCUT2D eigenvalue weighted by Crippen LogP contribution is 2.15. The van der Waals surface area contributed by atoms with Gasteiger partial charge < -0.3 is 10.4 Å². The normalized spacial score (nSPS) is 12.4. The Hall–Kier alpha value is -1.96. The Labute approximate surface area is 110 Å². The van der Waals surface area contributed by atoms with E-state index >= 15 is 0 Å². The summed E-state index contributed by atoms with van der Waals surface area (Å²) in [5.74, 6) is -0.550. The predicted molar refractivity (Wildman–Crippen MR) is 67.7 cm³/mol. The topological polar surface area (TPSA) is 121 Å². The summed E-state index contributed by atoms with van der Waals surface area (Å²) in [4.78, 5) is 21.7. The van der Waals surface area contributed by atoms with Crippen LogP contribution in [0.25, 0.3) is 0 Å². The second kappa shape index (κ2) is 6.83. The average Bonchev–Trinajstić information content (AvgIpc) is 2.86. The highest BCUT2D eigenvalue weighted by atomic mass is 16.6. The number of nitro groups is 1. The number of amides is 1. The third-order valence-electron chi connectivity index (χ3n) is 3.11. The van der Waals surface area contributed by atoms with Gasteiger partial charge in [0.2, 0.25) is 5.69 Å². The number of hydrogen-bond donors (Lipinski definition) is 3. The molecule has 0 saturated carbocycles. The van der Waals surface area contributed by atoms with Gasteiger partial charge >= 0.3 is 5.69 Å². The molecule has 8 nitrogen and oxygen atoms in total. The van der Waals surface area contributed by atoms with Gasteiger partial charge in [0.1, 0.15) is 6.20 Å². The third-order valence-corrected chi connectivity index (χ3v) is 3.11. The molecule has 1 atom stereocenters. The second-order valence-electron chi connectivity index (χ2n) is 4.24. The summed E-state index contributed by atoms with van der Waals surface area (Å²) in [7, 11) is 0. The minimum atomic E-state index is -0.685. The standard InChI is InChI=1S/C11H18N4O4/c1-3-7(4-2)9(16)6-12-11(17)10-8(15(18)19)5-13-14-10/h5,7,9,16H,3-4,6H2,1-2H3,(H,12,17)(H,13,14). The van der Waals surface area contributed by atoms with Gasteiger partial charge in [-0.3, -0.25) is 20.0 Å². The molecule has 0 aliphatic rings. The number of hydrogen-bond acceptors (Lipinski definition) is 5. The predicted octanol–water partition coefficient (Wildman–Crippen LogP) is 0.845. The first-order chi connectivity index (χ1) is 9.01. The van der Waals surface area contributed by atoms with E-state index in [1.807, 2.05) is 13.8 Å².